The van der Waals surface area contributed by atoms with Gasteiger partial charge in [-0.1, -0.05) is 78.1 Å². The molecule has 0 nitrogen and oxygen atoms in total. The molecule has 0 aromatic carbocycles. The lowest BCUT2D eigenvalue weighted by atomic mass is 10.1. The molecular weight excluding hydrogens is 180 g/mol. The Morgan fingerprint density at radius 1 is 0.733 bits per heavy atom. The molecule has 2 unspecified atom stereocenters. The molecule has 0 bridgehead atoms. The highest BCUT2D eigenvalue weighted by Crippen LogP contribution is 2.44. The average molecular weight is 210 g/mol. The largest absolute Gasteiger partial charge is 0.0654 e. The standard InChI is InChI=1S/C15H30/c1-3-5-6-7-8-9-10-11-12-15-13-14(15)4-2/h14-15H,3-13H2,1-2H3. The monoisotopic (exact) mass is 210 g/mol. The molecule has 2 atom stereocenters. The molecule has 1 aliphatic carbocycles. The summed E-state index contributed by atoms with van der Waals surface area (Å²) < 4.78 is 0. The summed E-state index contributed by atoms with van der Waals surface area (Å²) in [6.07, 6.45) is 16.3. The van der Waals surface area contributed by atoms with Crippen LogP contribution in [-0.2, 0) is 0 Å². The molecule has 1 rings (SSSR count). The first-order valence-corrected chi connectivity index (χ1v) is 7.38. The Hall–Kier alpha value is 0. The smallest absolute Gasteiger partial charge is 0.0383 e. The van der Waals surface area contributed by atoms with Crippen LogP contribution >= 0.6 is 0 Å². The molecule has 1 aliphatic rings. The van der Waals surface area contributed by atoms with Crippen molar-refractivity contribution in [3.63, 3.8) is 0 Å². The molecule has 0 radical (unpaired) electrons. The van der Waals surface area contributed by atoms with E-state index in [0.717, 1.165) is 11.8 Å². The van der Waals surface area contributed by atoms with E-state index in [0.29, 0.717) is 0 Å². The van der Waals surface area contributed by atoms with Gasteiger partial charge >= 0.3 is 0 Å². The van der Waals surface area contributed by atoms with Crippen LogP contribution < -0.4 is 0 Å². The van der Waals surface area contributed by atoms with Gasteiger partial charge < -0.3 is 0 Å². The third kappa shape index (κ3) is 6.22. The third-order valence-corrected chi connectivity index (χ3v) is 4.02. The molecule has 90 valence electrons. The van der Waals surface area contributed by atoms with Gasteiger partial charge in [0.05, 0.1) is 0 Å². The second-order valence-electron chi connectivity index (χ2n) is 5.43. The Balaban J connectivity index is 1.71. The van der Waals surface area contributed by atoms with E-state index in [1.165, 1.54) is 64.2 Å². The molecule has 0 saturated heterocycles. The van der Waals surface area contributed by atoms with Gasteiger partial charge in [0.2, 0.25) is 0 Å². The van der Waals surface area contributed by atoms with Crippen LogP contribution in [0.4, 0.5) is 0 Å². The van der Waals surface area contributed by atoms with E-state index in [4.69, 9.17) is 0 Å². The highest BCUT2D eigenvalue weighted by Gasteiger charge is 2.33. The summed E-state index contributed by atoms with van der Waals surface area (Å²) in [4.78, 5) is 0. The summed E-state index contributed by atoms with van der Waals surface area (Å²) in [6, 6.07) is 0. The fourth-order valence-corrected chi connectivity index (χ4v) is 2.70. The van der Waals surface area contributed by atoms with Crippen LogP contribution in [0.5, 0.6) is 0 Å². The lowest BCUT2D eigenvalue weighted by molar-refractivity contribution is 0.535. The Morgan fingerprint density at radius 3 is 1.87 bits per heavy atom. The van der Waals surface area contributed by atoms with Gasteiger partial charge in [-0.15, -0.1) is 0 Å². The van der Waals surface area contributed by atoms with Crippen LogP contribution in [0, 0.1) is 11.8 Å². The quantitative estimate of drug-likeness (QED) is 0.414. The van der Waals surface area contributed by atoms with Gasteiger partial charge in [-0.25, -0.2) is 0 Å². The van der Waals surface area contributed by atoms with Gasteiger partial charge in [0, 0.05) is 0 Å². The number of unbranched alkanes of at least 4 members (excludes halogenated alkanes) is 7. The molecule has 0 amide bonds. The van der Waals surface area contributed by atoms with Crippen molar-refractivity contribution in [1.29, 1.82) is 0 Å². The summed E-state index contributed by atoms with van der Waals surface area (Å²) >= 11 is 0. The fourth-order valence-electron chi connectivity index (χ4n) is 2.70. The fraction of sp³-hybridized carbons (Fsp3) is 1.00. The molecule has 0 aliphatic heterocycles. The molecular formula is C15H30. The van der Waals surface area contributed by atoms with Crippen LogP contribution in [0.3, 0.4) is 0 Å². The van der Waals surface area contributed by atoms with Gasteiger partial charge in [-0.3, -0.25) is 0 Å². The van der Waals surface area contributed by atoms with E-state index in [9.17, 15) is 0 Å². The first-order chi connectivity index (χ1) is 7.38. The van der Waals surface area contributed by atoms with Crippen molar-refractivity contribution >= 4 is 0 Å². The molecule has 0 heterocycles. The van der Waals surface area contributed by atoms with Gasteiger partial charge in [0.25, 0.3) is 0 Å². The molecule has 1 fully saturated rings. The number of hydrogen-bond donors (Lipinski definition) is 0. The Morgan fingerprint density at radius 2 is 1.33 bits per heavy atom. The van der Waals surface area contributed by atoms with Crippen molar-refractivity contribution in [1.82, 2.24) is 0 Å². The van der Waals surface area contributed by atoms with Crippen LogP contribution in [-0.4, -0.2) is 0 Å². The second kappa shape index (κ2) is 8.19. The van der Waals surface area contributed by atoms with Gasteiger partial charge in [-0.05, 0) is 18.3 Å². The molecule has 0 aromatic rings. The van der Waals surface area contributed by atoms with Crippen molar-refractivity contribution in [2.24, 2.45) is 11.8 Å². The van der Waals surface area contributed by atoms with Crippen molar-refractivity contribution in [2.75, 3.05) is 0 Å². The Kier molecular flexibility index (Phi) is 7.13. The van der Waals surface area contributed by atoms with E-state index < -0.39 is 0 Å². The molecule has 15 heavy (non-hydrogen) atoms. The lowest BCUT2D eigenvalue weighted by Crippen LogP contribution is -1.84. The molecule has 0 heteroatoms. The summed E-state index contributed by atoms with van der Waals surface area (Å²) in [5.41, 5.74) is 0. The predicted molar refractivity (Wildman–Crippen MR) is 69.1 cm³/mol. The molecule has 0 N–H and O–H groups in total. The van der Waals surface area contributed by atoms with Crippen molar-refractivity contribution in [2.45, 2.75) is 84.5 Å². The third-order valence-electron chi connectivity index (χ3n) is 4.02. The number of rotatable bonds is 10. The zero-order chi connectivity index (χ0) is 10.9. The first kappa shape index (κ1) is 13.1. The minimum Gasteiger partial charge on any atom is -0.0654 e. The zero-order valence-corrected chi connectivity index (χ0v) is 10.9. The van der Waals surface area contributed by atoms with Crippen LogP contribution in [0.25, 0.3) is 0 Å². The van der Waals surface area contributed by atoms with Crippen molar-refractivity contribution in [3.05, 3.63) is 0 Å². The maximum Gasteiger partial charge on any atom is -0.0383 e. The lowest BCUT2D eigenvalue weighted by Gasteiger charge is -2.01. The summed E-state index contributed by atoms with van der Waals surface area (Å²) in [7, 11) is 0. The SMILES string of the molecule is CCCCCCCCCCC1CC1CC. The highest BCUT2D eigenvalue weighted by molar-refractivity contribution is 4.84. The predicted octanol–water partition coefficient (Wildman–Crippen LogP) is 5.56. The summed E-state index contributed by atoms with van der Waals surface area (Å²) in [5.74, 6) is 2.25. The van der Waals surface area contributed by atoms with Crippen molar-refractivity contribution < 1.29 is 0 Å². The molecule has 1 saturated carbocycles. The minimum absolute atomic E-state index is 1.12. The normalized spacial score (nSPS) is 24.4. The molecule has 0 spiro atoms. The topological polar surface area (TPSA) is 0 Å². The highest BCUT2D eigenvalue weighted by atomic mass is 14.4. The maximum atomic E-state index is 2.35. The van der Waals surface area contributed by atoms with Gasteiger partial charge in [0.15, 0.2) is 0 Å². The molecule has 0 aromatic heterocycles. The minimum atomic E-state index is 1.12. The average Bonchev–Trinajstić information content (AvgIpc) is 3.01. The second-order valence-corrected chi connectivity index (χ2v) is 5.43. The van der Waals surface area contributed by atoms with Gasteiger partial charge in [-0.2, -0.15) is 0 Å². The van der Waals surface area contributed by atoms with E-state index in [2.05, 4.69) is 13.8 Å². The Bertz CT molecular complexity index is 139. The van der Waals surface area contributed by atoms with E-state index >= 15 is 0 Å². The summed E-state index contributed by atoms with van der Waals surface area (Å²) in [5, 5.41) is 0. The van der Waals surface area contributed by atoms with Gasteiger partial charge in [0.1, 0.15) is 0 Å². The van der Waals surface area contributed by atoms with Crippen LogP contribution in [0.2, 0.25) is 0 Å². The van der Waals surface area contributed by atoms with Crippen molar-refractivity contribution in [3.8, 4) is 0 Å². The van der Waals surface area contributed by atoms with Crippen LogP contribution in [0.15, 0.2) is 0 Å². The number of hydrogen-bond acceptors (Lipinski definition) is 0. The van der Waals surface area contributed by atoms with E-state index in [-0.39, 0.29) is 0 Å². The maximum absolute atomic E-state index is 2.35. The zero-order valence-electron chi connectivity index (χ0n) is 10.9. The van der Waals surface area contributed by atoms with E-state index in [1.807, 2.05) is 0 Å². The Labute approximate surface area is 96.8 Å². The van der Waals surface area contributed by atoms with E-state index in [1.54, 1.807) is 6.42 Å². The first-order valence-electron chi connectivity index (χ1n) is 7.38. The van der Waals surface area contributed by atoms with Crippen LogP contribution in [0.1, 0.15) is 84.5 Å². The summed E-state index contributed by atoms with van der Waals surface area (Å²) in [6.45, 7) is 4.64.